The summed E-state index contributed by atoms with van der Waals surface area (Å²) in [5.41, 5.74) is 1.24. The molecule has 1 saturated heterocycles. The van der Waals surface area contributed by atoms with Crippen LogP contribution < -0.4 is 0 Å². The Morgan fingerprint density at radius 3 is 1.97 bits per heavy atom. The number of hydrogen-bond donors (Lipinski definition) is 4. The van der Waals surface area contributed by atoms with Gasteiger partial charge >= 0.3 is 0 Å². The molecule has 226 valence electrons. The Morgan fingerprint density at radius 2 is 1.36 bits per heavy atom. The molecule has 4 N–H and O–H groups in total. The van der Waals surface area contributed by atoms with Crippen molar-refractivity contribution in [3.8, 4) is 0 Å². The van der Waals surface area contributed by atoms with Crippen LogP contribution in [0.15, 0.2) is 30.3 Å². The van der Waals surface area contributed by atoms with Gasteiger partial charge in [0.15, 0.2) is 12.6 Å². The molecule has 0 radical (unpaired) electrons. The van der Waals surface area contributed by atoms with Gasteiger partial charge in [0, 0.05) is 0 Å². The van der Waals surface area contributed by atoms with Crippen molar-refractivity contribution < 1.29 is 34.6 Å². The van der Waals surface area contributed by atoms with Crippen LogP contribution in [0.25, 0.3) is 0 Å². The van der Waals surface area contributed by atoms with Crippen LogP contribution in [-0.2, 0) is 20.6 Å². The average molecular weight is 553 g/mol. The molecule has 7 nitrogen and oxygen atoms in total. The zero-order chi connectivity index (χ0) is 28.3. The monoisotopic (exact) mass is 552 g/mol. The topological polar surface area (TPSA) is 109 Å². The van der Waals surface area contributed by atoms with Crippen molar-refractivity contribution in [2.24, 2.45) is 0 Å². The van der Waals surface area contributed by atoms with Crippen molar-refractivity contribution in [3.63, 3.8) is 0 Å². The van der Waals surface area contributed by atoms with E-state index >= 15 is 0 Å². The highest BCUT2D eigenvalue weighted by molar-refractivity contribution is 5.14. The Bertz CT molecular complexity index is 701. The van der Waals surface area contributed by atoms with Gasteiger partial charge in [-0.25, -0.2) is 0 Å². The minimum atomic E-state index is -1.47. The molecule has 0 amide bonds. The van der Waals surface area contributed by atoms with Crippen molar-refractivity contribution in [1.82, 2.24) is 0 Å². The van der Waals surface area contributed by atoms with Crippen LogP contribution in [-0.4, -0.2) is 70.1 Å². The molecule has 1 aromatic carbocycles. The number of rotatable bonds is 22. The summed E-state index contributed by atoms with van der Waals surface area (Å²) >= 11 is 0. The predicted octanol–water partition coefficient (Wildman–Crippen LogP) is 5.65. The highest BCUT2D eigenvalue weighted by atomic mass is 16.8. The van der Waals surface area contributed by atoms with Gasteiger partial charge in [0.2, 0.25) is 0 Å². The third kappa shape index (κ3) is 13.4. The Hall–Kier alpha value is -1.06. The van der Waals surface area contributed by atoms with Crippen molar-refractivity contribution in [2.45, 2.75) is 160 Å². The van der Waals surface area contributed by atoms with Gasteiger partial charge < -0.3 is 34.6 Å². The van der Waals surface area contributed by atoms with E-state index in [0.29, 0.717) is 6.42 Å². The number of aliphatic hydroxyl groups excluding tert-OH is 4. The lowest BCUT2D eigenvalue weighted by atomic mass is 9.99. The quantitative estimate of drug-likeness (QED) is 0.109. The second-order valence-electron chi connectivity index (χ2n) is 11.2. The Morgan fingerprint density at radius 1 is 0.718 bits per heavy atom. The smallest absolute Gasteiger partial charge is 0.189 e. The molecule has 0 saturated carbocycles. The highest BCUT2D eigenvalue weighted by Gasteiger charge is 2.45. The lowest BCUT2D eigenvalue weighted by Gasteiger charge is -2.41. The summed E-state index contributed by atoms with van der Waals surface area (Å²) in [5.74, 6) is 0. The fourth-order valence-electron chi connectivity index (χ4n) is 5.29. The van der Waals surface area contributed by atoms with Gasteiger partial charge in [-0.2, -0.15) is 0 Å². The van der Waals surface area contributed by atoms with Gasteiger partial charge in [0.1, 0.15) is 24.4 Å². The first-order chi connectivity index (χ1) is 19.0. The second-order valence-corrected chi connectivity index (χ2v) is 11.2. The van der Waals surface area contributed by atoms with Crippen LogP contribution in [0, 0.1) is 0 Å². The summed E-state index contributed by atoms with van der Waals surface area (Å²) in [6.07, 6.45) is 11.0. The second kappa shape index (κ2) is 20.8. The maximum Gasteiger partial charge on any atom is 0.189 e. The Balaban J connectivity index is 1.88. The minimum absolute atomic E-state index is 0.0376. The molecule has 2 unspecified atom stereocenters. The van der Waals surface area contributed by atoms with Gasteiger partial charge in [0.05, 0.1) is 12.7 Å². The molecular weight excluding hydrogens is 496 g/mol. The summed E-state index contributed by atoms with van der Waals surface area (Å²) < 4.78 is 18.2. The minimum Gasteiger partial charge on any atom is -0.394 e. The largest absolute Gasteiger partial charge is 0.394 e. The number of aliphatic hydroxyl groups is 4. The van der Waals surface area contributed by atoms with Crippen LogP contribution in [0.3, 0.4) is 0 Å². The van der Waals surface area contributed by atoms with E-state index in [1.807, 2.05) is 18.2 Å². The number of benzene rings is 1. The molecule has 7 heteroatoms. The fraction of sp³-hybridized carbons (Fsp3) is 0.812. The molecule has 39 heavy (non-hydrogen) atoms. The molecule has 0 bridgehead atoms. The average Bonchev–Trinajstić information content (AvgIpc) is 2.94. The van der Waals surface area contributed by atoms with Gasteiger partial charge in [-0.1, -0.05) is 115 Å². The van der Waals surface area contributed by atoms with E-state index in [9.17, 15) is 20.4 Å². The first-order valence-corrected chi connectivity index (χ1v) is 15.6. The maximum absolute atomic E-state index is 10.5. The lowest BCUT2D eigenvalue weighted by molar-refractivity contribution is -0.342. The molecule has 7 atom stereocenters. The molecule has 1 aromatic rings. The Kier molecular flexibility index (Phi) is 18.2. The van der Waals surface area contributed by atoms with Crippen molar-refractivity contribution in [1.29, 1.82) is 0 Å². The molecule has 2 rings (SSSR count). The molecule has 1 heterocycles. The number of ether oxygens (including phenoxy) is 3. The van der Waals surface area contributed by atoms with Crippen molar-refractivity contribution in [2.75, 3.05) is 6.61 Å². The van der Waals surface area contributed by atoms with E-state index < -0.39 is 43.6 Å². The summed E-state index contributed by atoms with van der Waals surface area (Å²) in [4.78, 5) is 0. The van der Waals surface area contributed by atoms with E-state index in [1.165, 1.54) is 63.4 Å². The van der Waals surface area contributed by atoms with Crippen molar-refractivity contribution >= 4 is 0 Å². The number of hydrogen-bond acceptors (Lipinski definition) is 7. The van der Waals surface area contributed by atoms with E-state index in [0.717, 1.165) is 38.5 Å². The molecule has 1 aliphatic rings. The molecule has 1 fully saturated rings. The van der Waals surface area contributed by atoms with Crippen LogP contribution in [0.1, 0.15) is 116 Å². The summed E-state index contributed by atoms with van der Waals surface area (Å²) in [5, 5.41) is 40.4. The standard InChI is InChI=1S/C32H56O7/c1-3-5-6-7-8-9-10-11-12-16-22-26(18-4-2)37-28(23-17-21-25-19-14-13-15-20-25)39-32-31(36)30(35)29(34)27(24-33)38-32/h13-15,19-20,26-36H,3-12,16-18,21-24H2,1-2H3/t26?,27-,28?,29-,30+,31-,32+/m0/s1. The highest BCUT2D eigenvalue weighted by Crippen LogP contribution is 2.26. The van der Waals surface area contributed by atoms with E-state index in [-0.39, 0.29) is 6.10 Å². The molecular formula is C32H56O7. The zero-order valence-electron chi connectivity index (χ0n) is 24.5. The van der Waals surface area contributed by atoms with E-state index in [1.54, 1.807) is 0 Å². The normalized spacial score (nSPS) is 25.0. The van der Waals surface area contributed by atoms with Crippen LogP contribution in [0.4, 0.5) is 0 Å². The zero-order valence-corrected chi connectivity index (χ0v) is 24.5. The SMILES string of the molecule is CCCCCCCCCCCCC(CCC)OC(CCCc1ccccc1)O[C@H]1O[C@@H](CO)[C@H](O)[C@@H](O)[C@@H]1O. The van der Waals surface area contributed by atoms with Gasteiger partial charge in [0.25, 0.3) is 0 Å². The Labute approximate surface area is 236 Å². The number of unbranched alkanes of at least 4 members (excludes halogenated alkanes) is 9. The molecule has 0 aliphatic carbocycles. The van der Waals surface area contributed by atoms with Crippen LogP contribution >= 0.6 is 0 Å². The van der Waals surface area contributed by atoms with Crippen LogP contribution in [0.5, 0.6) is 0 Å². The number of aryl methyl sites for hydroxylation is 1. The van der Waals surface area contributed by atoms with Gasteiger partial charge in [-0.15, -0.1) is 0 Å². The summed E-state index contributed by atoms with van der Waals surface area (Å²) in [7, 11) is 0. The van der Waals surface area contributed by atoms with Gasteiger partial charge in [-0.05, 0) is 37.7 Å². The fourth-order valence-corrected chi connectivity index (χ4v) is 5.29. The molecule has 0 aromatic heterocycles. The molecule has 0 spiro atoms. The third-order valence-electron chi connectivity index (χ3n) is 7.72. The summed E-state index contributed by atoms with van der Waals surface area (Å²) in [6.45, 7) is 3.92. The lowest BCUT2D eigenvalue weighted by Crippen LogP contribution is -2.59. The first kappa shape index (κ1) is 34.1. The van der Waals surface area contributed by atoms with Crippen LogP contribution in [0.2, 0.25) is 0 Å². The maximum atomic E-state index is 10.5. The van der Waals surface area contributed by atoms with Gasteiger partial charge in [-0.3, -0.25) is 0 Å². The third-order valence-corrected chi connectivity index (χ3v) is 7.72. The predicted molar refractivity (Wildman–Crippen MR) is 154 cm³/mol. The van der Waals surface area contributed by atoms with E-state index in [4.69, 9.17) is 14.2 Å². The summed E-state index contributed by atoms with van der Waals surface area (Å²) in [6, 6.07) is 10.2. The first-order valence-electron chi connectivity index (χ1n) is 15.6. The van der Waals surface area contributed by atoms with Crippen molar-refractivity contribution in [3.05, 3.63) is 35.9 Å². The van der Waals surface area contributed by atoms with E-state index in [2.05, 4.69) is 26.0 Å². The molecule has 1 aliphatic heterocycles.